The predicted octanol–water partition coefficient (Wildman–Crippen LogP) is 1.14. The number of nitrogen functional groups attached to an aromatic ring is 1. The maximum Gasteiger partial charge on any atom is 0.216 e. The lowest BCUT2D eigenvalue weighted by atomic mass is 10.0. The quantitative estimate of drug-likeness (QED) is 0.849. The Bertz CT molecular complexity index is 594. The van der Waals surface area contributed by atoms with Gasteiger partial charge in [0.15, 0.2) is 0 Å². The lowest BCUT2D eigenvalue weighted by Gasteiger charge is -2.29. The number of anilines is 1. The molecule has 0 amide bonds. The van der Waals surface area contributed by atoms with E-state index in [9.17, 15) is 8.42 Å². The molecule has 2 N–H and O–H groups in total. The van der Waals surface area contributed by atoms with Crippen LogP contribution in [0.5, 0.6) is 0 Å². The van der Waals surface area contributed by atoms with E-state index in [1.54, 1.807) is 4.31 Å². The lowest BCUT2D eigenvalue weighted by molar-refractivity contribution is 0.126. The van der Waals surface area contributed by atoms with Crippen LogP contribution in [-0.2, 0) is 27.7 Å². The summed E-state index contributed by atoms with van der Waals surface area (Å²) in [6, 6.07) is 5.74. The number of fused-ring (bicyclic) bond motifs is 1. The van der Waals surface area contributed by atoms with Crippen LogP contribution in [0.2, 0.25) is 0 Å². The van der Waals surface area contributed by atoms with Crippen LogP contribution >= 0.6 is 0 Å². The molecular weight excluding hydrogens is 276 g/mol. The van der Waals surface area contributed by atoms with Crippen molar-refractivity contribution in [3.05, 3.63) is 29.3 Å². The average Bonchev–Trinajstić information content (AvgIpc) is 2.90. The second-order valence-electron chi connectivity index (χ2n) is 5.53. The van der Waals surface area contributed by atoms with Gasteiger partial charge in [0.2, 0.25) is 10.0 Å². The number of rotatable bonds is 3. The fraction of sp³-hybridized carbons (Fsp3) is 0.571. The molecule has 1 atom stereocenters. The molecule has 1 saturated heterocycles. The molecule has 2 heterocycles. The van der Waals surface area contributed by atoms with Crippen LogP contribution in [0.1, 0.15) is 24.0 Å². The van der Waals surface area contributed by atoms with Gasteiger partial charge in [-0.1, -0.05) is 6.07 Å². The molecule has 3 rings (SSSR count). The van der Waals surface area contributed by atoms with E-state index >= 15 is 0 Å². The first-order valence-electron chi connectivity index (χ1n) is 7.01. The highest BCUT2D eigenvalue weighted by Gasteiger charge is 2.30. The number of hydrogen-bond donors (Lipinski definition) is 1. The molecular formula is C14H20N2O3S. The number of benzene rings is 1. The highest BCUT2D eigenvalue weighted by atomic mass is 32.2. The van der Waals surface area contributed by atoms with Gasteiger partial charge in [0, 0.05) is 25.4 Å². The molecule has 2 aliphatic rings. The van der Waals surface area contributed by atoms with Crippen molar-refractivity contribution in [2.75, 3.05) is 24.6 Å². The molecule has 5 nitrogen and oxygen atoms in total. The highest BCUT2D eigenvalue weighted by Crippen LogP contribution is 2.25. The minimum Gasteiger partial charge on any atom is -0.399 e. The van der Waals surface area contributed by atoms with Crippen LogP contribution in [0.25, 0.3) is 0 Å². The zero-order valence-corrected chi connectivity index (χ0v) is 12.2. The summed E-state index contributed by atoms with van der Waals surface area (Å²) in [5.41, 5.74) is 8.68. The van der Waals surface area contributed by atoms with Crippen molar-refractivity contribution in [3.8, 4) is 0 Å². The Morgan fingerprint density at radius 2 is 2.20 bits per heavy atom. The summed E-state index contributed by atoms with van der Waals surface area (Å²) in [5.74, 6) is 0.102. The topological polar surface area (TPSA) is 72.6 Å². The minimum atomic E-state index is -3.25. The molecule has 1 aromatic carbocycles. The number of sulfonamides is 1. The van der Waals surface area contributed by atoms with Gasteiger partial charge in [-0.2, -0.15) is 4.31 Å². The van der Waals surface area contributed by atoms with Gasteiger partial charge in [0.1, 0.15) is 0 Å². The van der Waals surface area contributed by atoms with Gasteiger partial charge in [0.25, 0.3) is 0 Å². The van der Waals surface area contributed by atoms with E-state index in [0.29, 0.717) is 25.4 Å². The van der Waals surface area contributed by atoms with Crippen LogP contribution in [0.15, 0.2) is 18.2 Å². The molecule has 0 bridgehead atoms. The monoisotopic (exact) mass is 296 g/mol. The Hall–Kier alpha value is -1.11. The smallest absolute Gasteiger partial charge is 0.216 e. The second-order valence-corrected chi connectivity index (χ2v) is 7.54. The maximum absolute atomic E-state index is 12.5. The van der Waals surface area contributed by atoms with E-state index in [2.05, 4.69) is 0 Å². The Morgan fingerprint density at radius 3 is 2.95 bits per heavy atom. The number of nitrogens with zero attached hydrogens (tertiary/aromatic N) is 1. The summed E-state index contributed by atoms with van der Waals surface area (Å²) in [5, 5.41) is 0. The lowest BCUT2D eigenvalue weighted by Crippen LogP contribution is -2.40. The van der Waals surface area contributed by atoms with Crippen molar-refractivity contribution < 1.29 is 13.2 Å². The van der Waals surface area contributed by atoms with E-state index in [1.807, 2.05) is 18.2 Å². The molecule has 1 unspecified atom stereocenters. The zero-order valence-electron chi connectivity index (χ0n) is 11.4. The van der Waals surface area contributed by atoms with Gasteiger partial charge in [-0.25, -0.2) is 8.42 Å². The van der Waals surface area contributed by atoms with Crippen LogP contribution in [0.3, 0.4) is 0 Å². The third-order valence-corrected chi connectivity index (χ3v) is 5.91. The summed E-state index contributed by atoms with van der Waals surface area (Å²) in [7, 11) is -3.25. The van der Waals surface area contributed by atoms with Gasteiger partial charge < -0.3 is 10.5 Å². The van der Waals surface area contributed by atoms with Crippen LogP contribution in [-0.4, -0.2) is 37.7 Å². The van der Waals surface area contributed by atoms with E-state index in [4.69, 9.17) is 10.5 Å². The molecule has 2 aliphatic heterocycles. The summed E-state index contributed by atoms with van der Waals surface area (Å²) < 4.78 is 31.9. The van der Waals surface area contributed by atoms with Gasteiger partial charge in [0.05, 0.1) is 11.9 Å². The Kier molecular flexibility index (Phi) is 3.70. The highest BCUT2D eigenvalue weighted by molar-refractivity contribution is 7.89. The van der Waals surface area contributed by atoms with Crippen molar-refractivity contribution in [2.45, 2.75) is 31.9 Å². The third kappa shape index (κ3) is 2.82. The SMILES string of the molecule is Nc1ccc2c(c1)CN(S(=O)(=O)CC1CCCO1)CC2. The van der Waals surface area contributed by atoms with Crippen molar-refractivity contribution in [3.63, 3.8) is 0 Å². The van der Waals surface area contributed by atoms with Crippen molar-refractivity contribution in [1.29, 1.82) is 0 Å². The molecule has 6 heteroatoms. The number of hydrogen-bond acceptors (Lipinski definition) is 4. The first-order chi connectivity index (χ1) is 9.54. The van der Waals surface area contributed by atoms with Crippen molar-refractivity contribution >= 4 is 15.7 Å². The first-order valence-corrected chi connectivity index (χ1v) is 8.62. The molecule has 0 spiro atoms. The molecule has 20 heavy (non-hydrogen) atoms. The Labute approximate surface area is 119 Å². The fourth-order valence-corrected chi connectivity index (χ4v) is 4.55. The number of nitrogens with two attached hydrogens (primary N) is 1. The Morgan fingerprint density at radius 1 is 1.35 bits per heavy atom. The van der Waals surface area contributed by atoms with Crippen molar-refractivity contribution in [2.24, 2.45) is 0 Å². The normalized spacial score (nSPS) is 23.7. The molecule has 0 aliphatic carbocycles. The van der Waals surface area contributed by atoms with Crippen LogP contribution in [0.4, 0.5) is 5.69 Å². The molecule has 110 valence electrons. The van der Waals surface area contributed by atoms with Crippen LogP contribution < -0.4 is 5.73 Å². The molecule has 0 aromatic heterocycles. The van der Waals surface area contributed by atoms with E-state index < -0.39 is 10.0 Å². The minimum absolute atomic E-state index is 0.102. The molecule has 1 aromatic rings. The van der Waals surface area contributed by atoms with Crippen LogP contribution in [0, 0.1) is 0 Å². The molecule has 0 radical (unpaired) electrons. The first kappa shape index (κ1) is 13.9. The Balaban J connectivity index is 1.75. The van der Waals surface area contributed by atoms with Gasteiger partial charge in [-0.15, -0.1) is 0 Å². The van der Waals surface area contributed by atoms with E-state index in [-0.39, 0.29) is 11.9 Å². The summed E-state index contributed by atoms with van der Waals surface area (Å²) >= 11 is 0. The predicted molar refractivity (Wildman–Crippen MR) is 77.7 cm³/mol. The summed E-state index contributed by atoms with van der Waals surface area (Å²) in [6.45, 7) is 1.65. The van der Waals surface area contributed by atoms with Gasteiger partial charge >= 0.3 is 0 Å². The number of ether oxygens (including phenoxy) is 1. The fourth-order valence-electron chi connectivity index (χ4n) is 2.90. The standard InChI is InChI=1S/C14H20N2O3S/c15-13-4-3-11-5-6-16(9-12(11)8-13)20(17,18)10-14-2-1-7-19-14/h3-4,8,14H,1-2,5-7,9-10,15H2. The average molecular weight is 296 g/mol. The summed E-state index contributed by atoms with van der Waals surface area (Å²) in [4.78, 5) is 0. The maximum atomic E-state index is 12.5. The molecule has 1 fully saturated rings. The largest absolute Gasteiger partial charge is 0.399 e. The van der Waals surface area contributed by atoms with Gasteiger partial charge in [-0.05, 0) is 42.5 Å². The summed E-state index contributed by atoms with van der Waals surface area (Å²) in [6.07, 6.45) is 2.42. The molecule has 0 saturated carbocycles. The zero-order chi connectivity index (χ0) is 14.2. The second kappa shape index (κ2) is 5.35. The van der Waals surface area contributed by atoms with E-state index in [1.165, 1.54) is 5.56 Å². The van der Waals surface area contributed by atoms with Gasteiger partial charge in [-0.3, -0.25) is 0 Å². The van der Waals surface area contributed by atoms with Crippen molar-refractivity contribution in [1.82, 2.24) is 4.31 Å². The third-order valence-electron chi connectivity index (χ3n) is 4.02. The van der Waals surface area contributed by atoms with E-state index in [0.717, 1.165) is 24.8 Å².